The molecule has 0 unspecified atom stereocenters. The van der Waals surface area contributed by atoms with Crippen LogP contribution in [0.15, 0.2) is 71.5 Å². The topological polar surface area (TPSA) is 159 Å². The number of alkyl halides is 4. The summed E-state index contributed by atoms with van der Waals surface area (Å²) in [6.07, 6.45) is -2.88. The molecule has 4 aromatic heterocycles. The van der Waals surface area contributed by atoms with E-state index < -0.39 is 93.5 Å². The van der Waals surface area contributed by atoms with Crippen molar-refractivity contribution in [1.82, 2.24) is 39.4 Å². The molecule has 62 heavy (non-hydrogen) atoms. The highest BCUT2D eigenvalue weighted by atomic mass is 35.5. The Bertz CT molecular complexity index is 3170. The van der Waals surface area contributed by atoms with Crippen molar-refractivity contribution in [3.8, 4) is 16.9 Å². The van der Waals surface area contributed by atoms with Crippen molar-refractivity contribution in [3.63, 3.8) is 0 Å². The lowest BCUT2D eigenvalue weighted by molar-refractivity contribution is -0.123. The minimum absolute atomic E-state index is 0.00130. The van der Waals surface area contributed by atoms with Crippen LogP contribution in [0.5, 0.6) is 0 Å². The van der Waals surface area contributed by atoms with Gasteiger partial charge in [-0.1, -0.05) is 11.6 Å². The van der Waals surface area contributed by atoms with Crippen LogP contribution in [0.25, 0.3) is 38.9 Å². The van der Waals surface area contributed by atoms with Crippen LogP contribution in [0.1, 0.15) is 53.1 Å². The lowest BCUT2D eigenvalue weighted by Gasteiger charge is -2.24. The van der Waals surface area contributed by atoms with Gasteiger partial charge < -0.3 is 5.32 Å². The van der Waals surface area contributed by atoms with Crippen LogP contribution in [-0.4, -0.2) is 54.7 Å². The predicted molar refractivity (Wildman–Crippen MR) is 211 cm³/mol. The number of benzene rings is 3. The van der Waals surface area contributed by atoms with Crippen LogP contribution in [-0.2, 0) is 40.8 Å². The summed E-state index contributed by atoms with van der Waals surface area (Å²) in [5, 5.41) is 10.5. The third kappa shape index (κ3) is 7.11. The molecular weight excluding hydrogens is 871 g/mol. The molecule has 320 valence electrons. The molecule has 3 atom stereocenters. The molecule has 0 aliphatic heterocycles. The zero-order valence-electron chi connectivity index (χ0n) is 32.0. The van der Waals surface area contributed by atoms with Crippen LogP contribution >= 0.6 is 11.6 Å². The van der Waals surface area contributed by atoms with Gasteiger partial charge in [0.05, 0.1) is 45.0 Å². The maximum absolute atomic E-state index is 15.5. The monoisotopic (exact) mass is 899 g/mol. The number of hydrogen-bond donors (Lipinski definition) is 2. The van der Waals surface area contributed by atoms with Gasteiger partial charge in [0.15, 0.2) is 11.5 Å². The number of carbonyl (C=O) groups is 1. The standard InChI is InChI=1S/C40H29ClF7N9O4S/c1-55-33-28(10-8-25(41)31(33)37(53-55)54-62(2,60)61)57-38(51-36-22(39(57)59)7-9-26(50-36)18-3-5-19(42)6-4-18)27(13-17-11-20(43)14-21(44)12-17)49-29(58)16-56-34-30(32(52-56)35(45)46)23-15-24(23)40(34,47)48/h3-12,14,23-24,27,35H,13,15-16H2,1-2H3,(H,49,58)(H,53,54)/t23-,24+,27-/m0/s1. The fourth-order valence-corrected chi connectivity index (χ4v) is 8.98. The number of nitrogens with one attached hydrogen (secondary N) is 2. The van der Waals surface area contributed by atoms with Gasteiger partial charge in [0, 0.05) is 36.6 Å². The number of amides is 1. The zero-order valence-corrected chi connectivity index (χ0v) is 33.5. The minimum Gasteiger partial charge on any atom is -0.344 e. The molecule has 0 spiro atoms. The number of anilines is 1. The van der Waals surface area contributed by atoms with E-state index in [1.807, 2.05) is 0 Å². The number of carbonyl (C=O) groups excluding carboxylic acids is 1. The van der Waals surface area contributed by atoms with Gasteiger partial charge in [-0.3, -0.25) is 28.2 Å². The second-order valence-corrected chi connectivity index (χ2v) is 17.3. The summed E-state index contributed by atoms with van der Waals surface area (Å²) in [6, 6.07) is 11.7. The molecule has 7 aromatic rings. The summed E-state index contributed by atoms with van der Waals surface area (Å²) in [4.78, 5) is 38.3. The van der Waals surface area contributed by atoms with E-state index in [4.69, 9.17) is 16.6 Å². The summed E-state index contributed by atoms with van der Waals surface area (Å²) in [5.41, 5.74) is -2.43. The number of halogens is 8. The van der Waals surface area contributed by atoms with Gasteiger partial charge in [0.1, 0.15) is 41.2 Å². The molecule has 4 heterocycles. The van der Waals surface area contributed by atoms with Crippen molar-refractivity contribution in [2.75, 3.05) is 11.0 Å². The first-order valence-corrected chi connectivity index (χ1v) is 20.9. The number of aromatic nitrogens is 7. The van der Waals surface area contributed by atoms with E-state index in [0.29, 0.717) is 16.3 Å². The fourth-order valence-electron chi connectivity index (χ4n) is 8.24. The van der Waals surface area contributed by atoms with Crippen LogP contribution in [0.2, 0.25) is 5.02 Å². The Kier molecular flexibility index (Phi) is 9.69. The zero-order chi connectivity index (χ0) is 44.2. The van der Waals surface area contributed by atoms with E-state index in [-0.39, 0.29) is 67.5 Å². The van der Waals surface area contributed by atoms with E-state index in [2.05, 4.69) is 25.2 Å². The highest BCUT2D eigenvalue weighted by molar-refractivity contribution is 7.92. The third-order valence-electron chi connectivity index (χ3n) is 10.8. The Hall–Kier alpha value is -6.35. The van der Waals surface area contributed by atoms with Crippen LogP contribution in [0.4, 0.5) is 36.6 Å². The van der Waals surface area contributed by atoms with Gasteiger partial charge in [-0.05, 0) is 78.6 Å². The van der Waals surface area contributed by atoms with Crippen molar-refractivity contribution in [2.45, 2.75) is 43.7 Å². The summed E-state index contributed by atoms with van der Waals surface area (Å²) in [5.74, 6) is -9.84. The van der Waals surface area contributed by atoms with Gasteiger partial charge in [-0.25, -0.2) is 40.3 Å². The van der Waals surface area contributed by atoms with Gasteiger partial charge in [-0.2, -0.15) is 19.0 Å². The smallest absolute Gasteiger partial charge is 0.293 e. The maximum Gasteiger partial charge on any atom is 0.293 e. The van der Waals surface area contributed by atoms with Crippen molar-refractivity contribution in [2.24, 2.45) is 13.0 Å². The molecule has 0 radical (unpaired) electrons. The van der Waals surface area contributed by atoms with Gasteiger partial charge in [0.2, 0.25) is 15.9 Å². The molecule has 0 bridgehead atoms. The predicted octanol–water partition coefficient (Wildman–Crippen LogP) is 7.22. The maximum atomic E-state index is 15.5. The Morgan fingerprint density at radius 1 is 0.968 bits per heavy atom. The molecule has 2 aliphatic rings. The molecule has 9 rings (SSSR count). The quantitative estimate of drug-likeness (QED) is 0.129. The molecule has 2 aliphatic carbocycles. The minimum atomic E-state index is -3.93. The number of fused-ring (bicyclic) bond motifs is 5. The lowest BCUT2D eigenvalue weighted by Crippen LogP contribution is -2.38. The molecule has 3 aromatic carbocycles. The highest BCUT2D eigenvalue weighted by Gasteiger charge is 2.67. The molecule has 13 nitrogen and oxygen atoms in total. The van der Waals surface area contributed by atoms with Gasteiger partial charge in [-0.15, -0.1) is 0 Å². The Labute approximate surface area is 350 Å². The summed E-state index contributed by atoms with van der Waals surface area (Å²) >= 11 is 6.60. The van der Waals surface area contributed by atoms with Crippen LogP contribution in [0.3, 0.4) is 0 Å². The number of aryl methyl sites for hydroxylation is 1. The number of pyridine rings is 1. The van der Waals surface area contributed by atoms with Gasteiger partial charge in [0.25, 0.3) is 17.9 Å². The number of hydrogen-bond acceptors (Lipinski definition) is 8. The number of rotatable bonds is 11. The average molecular weight is 900 g/mol. The summed E-state index contributed by atoms with van der Waals surface area (Å²) in [7, 11) is -2.51. The third-order valence-corrected chi connectivity index (χ3v) is 11.7. The largest absolute Gasteiger partial charge is 0.344 e. The van der Waals surface area contributed by atoms with E-state index in [9.17, 15) is 40.0 Å². The normalized spacial score (nSPS) is 17.1. The molecule has 1 saturated carbocycles. The first-order valence-electron chi connectivity index (χ1n) is 18.6. The molecule has 1 amide bonds. The van der Waals surface area contributed by atoms with Crippen molar-refractivity contribution >= 4 is 55.3 Å². The Balaban J connectivity index is 1.26. The van der Waals surface area contributed by atoms with E-state index in [1.54, 1.807) is 0 Å². The van der Waals surface area contributed by atoms with Crippen molar-refractivity contribution in [3.05, 3.63) is 128 Å². The van der Waals surface area contributed by atoms with Crippen LogP contribution in [0, 0.1) is 23.4 Å². The van der Waals surface area contributed by atoms with E-state index >= 15 is 8.78 Å². The Morgan fingerprint density at radius 2 is 1.68 bits per heavy atom. The van der Waals surface area contributed by atoms with Gasteiger partial charge >= 0.3 is 0 Å². The molecule has 2 N–H and O–H groups in total. The first kappa shape index (κ1) is 41.0. The first-order chi connectivity index (χ1) is 29.3. The highest BCUT2D eigenvalue weighted by Crippen LogP contribution is 2.68. The Morgan fingerprint density at radius 3 is 2.35 bits per heavy atom. The molecular formula is C40H29ClF7N9O4S. The van der Waals surface area contributed by atoms with Crippen molar-refractivity contribution < 1.29 is 43.9 Å². The number of nitrogens with zero attached hydrogens (tertiary/aromatic N) is 7. The molecule has 0 saturated heterocycles. The summed E-state index contributed by atoms with van der Waals surface area (Å²) in [6.45, 7) is -1.02. The lowest BCUT2D eigenvalue weighted by atomic mass is 10.0. The van der Waals surface area contributed by atoms with E-state index in [0.717, 1.165) is 23.0 Å². The second-order valence-electron chi connectivity index (χ2n) is 15.1. The molecule has 22 heteroatoms. The molecule has 1 fully saturated rings. The second kappa shape index (κ2) is 14.6. The van der Waals surface area contributed by atoms with Crippen molar-refractivity contribution in [1.29, 1.82) is 0 Å². The van der Waals surface area contributed by atoms with Crippen LogP contribution < -0.4 is 15.6 Å². The number of sulfonamides is 1. The average Bonchev–Trinajstić information content (AvgIpc) is 3.73. The fraction of sp³-hybridized carbons (Fsp3) is 0.250. The SMILES string of the molecule is Cn1nc(NS(C)(=O)=O)c2c(Cl)ccc(-n3c([C@H](Cc4cc(F)cc(F)c4)NC(=O)Cn4nc(C(F)F)c5c4C(F)(F)[C@@H]4C[C@H]54)nc4nc(-c5ccc(F)cc5)ccc4c3=O)c21. The summed E-state index contributed by atoms with van der Waals surface area (Å²) < 4.78 is 132. The van der Waals surface area contributed by atoms with E-state index in [1.165, 1.54) is 60.3 Å².